The lowest BCUT2D eigenvalue weighted by Crippen LogP contribution is -2.30. The Morgan fingerprint density at radius 1 is 0.263 bits per heavy atom. The van der Waals surface area contributed by atoms with Crippen LogP contribution in [0.4, 0.5) is 0 Å². The second-order valence-corrected chi connectivity index (χ2v) is 22.3. The second kappa shape index (κ2) is 67.6. The fraction of sp³-hybridized carbons (Fsp3) is 0.716. The summed E-state index contributed by atoms with van der Waals surface area (Å²) in [6, 6.07) is 0. The van der Waals surface area contributed by atoms with Gasteiger partial charge in [-0.05, 0) is 128 Å². The molecule has 0 fully saturated rings. The van der Waals surface area contributed by atoms with Gasteiger partial charge in [-0.1, -0.05) is 284 Å². The highest BCUT2D eigenvalue weighted by molar-refractivity contribution is 5.71. The van der Waals surface area contributed by atoms with E-state index in [0.29, 0.717) is 19.3 Å². The summed E-state index contributed by atoms with van der Waals surface area (Å²) in [4.78, 5) is 38.4. The number of carbonyl (C=O) groups excluding carboxylic acids is 3. The van der Waals surface area contributed by atoms with Crippen LogP contribution in [-0.4, -0.2) is 37.2 Å². The predicted octanol–water partition coefficient (Wildman–Crippen LogP) is 23.4. The van der Waals surface area contributed by atoms with Crippen molar-refractivity contribution < 1.29 is 28.6 Å². The molecule has 0 amide bonds. The van der Waals surface area contributed by atoms with Crippen molar-refractivity contribution in [1.29, 1.82) is 0 Å². The third-order valence-corrected chi connectivity index (χ3v) is 14.5. The lowest BCUT2D eigenvalue weighted by molar-refractivity contribution is -0.167. The van der Waals surface area contributed by atoms with Gasteiger partial charge in [-0.3, -0.25) is 14.4 Å². The highest BCUT2D eigenvalue weighted by Gasteiger charge is 2.19. The Balaban J connectivity index is 4.28. The van der Waals surface area contributed by atoms with Crippen molar-refractivity contribution in [3.63, 3.8) is 0 Å². The molecule has 0 heterocycles. The van der Waals surface area contributed by atoms with E-state index < -0.39 is 6.10 Å². The smallest absolute Gasteiger partial charge is 0.306 e. The standard InChI is InChI=1S/C74H126O6/c1-4-7-10-13-16-19-22-25-28-30-31-32-33-34-35-36-37-38-39-40-41-42-43-44-47-49-52-55-58-61-64-67-73(76)79-70-71(69-78-72(75)66-63-60-57-54-51-48-45-27-24-21-18-15-12-9-6-3)80-74(77)68-65-62-59-56-53-50-46-29-26-23-20-17-14-11-8-5-2/h7,10,16,18-19,21,25,27-29,31-32,34-35,37-38,45-46,71H,4-6,8-9,11-15,17,20,22-24,26,30,33,36,39-44,47-70H2,1-3H3/b10-7-,19-16-,21-18-,28-25-,32-31-,35-34-,38-37-,45-27-,46-29-. The van der Waals surface area contributed by atoms with E-state index in [4.69, 9.17) is 14.2 Å². The van der Waals surface area contributed by atoms with Gasteiger partial charge in [-0.2, -0.15) is 0 Å². The number of hydrogen-bond acceptors (Lipinski definition) is 6. The molecule has 0 bridgehead atoms. The Kier molecular flexibility index (Phi) is 64.3. The van der Waals surface area contributed by atoms with Crippen molar-refractivity contribution >= 4 is 17.9 Å². The minimum atomic E-state index is -0.791. The molecule has 0 aliphatic heterocycles. The molecule has 0 aliphatic rings. The third kappa shape index (κ3) is 64.9. The zero-order chi connectivity index (χ0) is 57.8. The summed E-state index contributed by atoms with van der Waals surface area (Å²) in [5.74, 6) is -0.900. The number of allylic oxidation sites excluding steroid dienone is 18. The molecular formula is C74H126O6. The largest absolute Gasteiger partial charge is 0.462 e. The van der Waals surface area contributed by atoms with Crippen molar-refractivity contribution in [2.45, 2.75) is 329 Å². The molecule has 0 aromatic carbocycles. The molecule has 0 rings (SSSR count). The number of ether oxygens (including phenoxy) is 3. The zero-order valence-corrected chi connectivity index (χ0v) is 52.6. The Morgan fingerprint density at radius 3 is 0.800 bits per heavy atom. The summed E-state index contributed by atoms with van der Waals surface area (Å²) in [5, 5.41) is 0. The van der Waals surface area contributed by atoms with Crippen LogP contribution in [0.25, 0.3) is 0 Å². The molecule has 0 aromatic heterocycles. The fourth-order valence-electron chi connectivity index (χ4n) is 9.41. The minimum Gasteiger partial charge on any atom is -0.462 e. The van der Waals surface area contributed by atoms with E-state index in [1.807, 2.05) is 0 Å². The first kappa shape index (κ1) is 76.1. The number of unbranched alkanes of at least 4 members (excludes halogenated alkanes) is 32. The second-order valence-electron chi connectivity index (χ2n) is 22.3. The SMILES string of the molecule is CC/C=C\C/C=C\C/C=C\C/C=C\C/C=C\C/C=C\CCCCCCCCCCCCCCC(=O)OCC(COC(=O)CCCCCCC/C=C\C/C=C\CCCCC)OC(=O)CCCCCCC/C=C\CCCCCCCCC. The third-order valence-electron chi connectivity index (χ3n) is 14.5. The monoisotopic (exact) mass is 1110 g/mol. The Hall–Kier alpha value is -3.93. The molecule has 80 heavy (non-hydrogen) atoms. The van der Waals surface area contributed by atoms with Gasteiger partial charge in [-0.25, -0.2) is 0 Å². The first-order valence-corrected chi connectivity index (χ1v) is 33.9. The van der Waals surface area contributed by atoms with Crippen LogP contribution >= 0.6 is 0 Å². The number of rotatable bonds is 61. The summed E-state index contributed by atoms with van der Waals surface area (Å²) in [5.41, 5.74) is 0. The molecule has 0 saturated heterocycles. The molecule has 6 nitrogen and oxygen atoms in total. The average molecular weight is 1110 g/mol. The Bertz CT molecular complexity index is 1610. The highest BCUT2D eigenvalue weighted by Crippen LogP contribution is 2.16. The first-order valence-electron chi connectivity index (χ1n) is 33.9. The van der Waals surface area contributed by atoms with Crippen LogP contribution in [0.3, 0.4) is 0 Å². The number of hydrogen-bond donors (Lipinski definition) is 0. The van der Waals surface area contributed by atoms with E-state index >= 15 is 0 Å². The molecular weight excluding hydrogens is 985 g/mol. The summed E-state index contributed by atoms with van der Waals surface area (Å²) >= 11 is 0. The van der Waals surface area contributed by atoms with Crippen molar-refractivity contribution in [2.75, 3.05) is 13.2 Å². The highest BCUT2D eigenvalue weighted by atomic mass is 16.6. The normalized spacial score (nSPS) is 12.8. The molecule has 1 atom stereocenters. The van der Waals surface area contributed by atoms with Gasteiger partial charge < -0.3 is 14.2 Å². The molecule has 0 spiro atoms. The average Bonchev–Trinajstić information content (AvgIpc) is 3.46. The maximum Gasteiger partial charge on any atom is 0.306 e. The van der Waals surface area contributed by atoms with Crippen molar-refractivity contribution in [1.82, 2.24) is 0 Å². The number of esters is 3. The quantitative estimate of drug-likeness (QED) is 0.0261. The molecule has 458 valence electrons. The molecule has 0 saturated carbocycles. The van der Waals surface area contributed by atoms with Gasteiger partial charge in [0, 0.05) is 19.3 Å². The van der Waals surface area contributed by atoms with Crippen LogP contribution in [0.5, 0.6) is 0 Å². The minimum absolute atomic E-state index is 0.0858. The fourth-order valence-corrected chi connectivity index (χ4v) is 9.41. The van der Waals surface area contributed by atoms with Crippen molar-refractivity contribution in [3.05, 3.63) is 109 Å². The summed E-state index contributed by atoms with van der Waals surface area (Å²) < 4.78 is 16.9. The maximum absolute atomic E-state index is 12.9. The van der Waals surface area contributed by atoms with E-state index in [0.717, 1.165) is 128 Å². The van der Waals surface area contributed by atoms with Gasteiger partial charge in [0.1, 0.15) is 13.2 Å². The summed E-state index contributed by atoms with van der Waals surface area (Å²) in [6.45, 7) is 6.50. The number of carbonyl (C=O) groups is 3. The van der Waals surface area contributed by atoms with Gasteiger partial charge in [0.25, 0.3) is 0 Å². The predicted molar refractivity (Wildman–Crippen MR) is 348 cm³/mol. The van der Waals surface area contributed by atoms with Crippen LogP contribution in [0.15, 0.2) is 109 Å². The Labute approximate surface area is 495 Å². The van der Waals surface area contributed by atoms with E-state index in [1.54, 1.807) is 0 Å². The van der Waals surface area contributed by atoms with Crippen LogP contribution in [0, 0.1) is 0 Å². The van der Waals surface area contributed by atoms with Crippen molar-refractivity contribution in [3.8, 4) is 0 Å². The van der Waals surface area contributed by atoms with E-state index in [1.165, 1.54) is 154 Å². The van der Waals surface area contributed by atoms with Crippen LogP contribution in [-0.2, 0) is 28.6 Å². The lowest BCUT2D eigenvalue weighted by Gasteiger charge is -2.18. The molecule has 0 radical (unpaired) electrons. The molecule has 0 aromatic rings. The molecule has 0 N–H and O–H groups in total. The van der Waals surface area contributed by atoms with Gasteiger partial charge in [0.2, 0.25) is 0 Å². The molecule has 0 aliphatic carbocycles. The van der Waals surface area contributed by atoms with Gasteiger partial charge >= 0.3 is 17.9 Å². The van der Waals surface area contributed by atoms with Gasteiger partial charge in [0.05, 0.1) is 0 Å². The molecule has 1 unspecified atom stereocenters. The van der Waals surface area contributed by atoms with E-state index in [9.17, 15) is 14.4 Å². The van der Waals surface area contributed by atoms with Crippen LogP contribution in [0.1, 0.15) is 323 Å². The van der Waals surface area contributed by atoms with Gasteiger partial charge in [0.15, 0.2) is 6.10 Å². The summed E-state index contributed by atoms with van der Waals surface area (Å²) in [6.07, 6.45) is 92.4. The van der Waals surface area contributed by atoms with Crippen molar-refractivity contribution in [2.24, 2.45) is 0 Å². The zero-order valence-electron chi connectivity index (χ0n) is 52.6. The lowest BCUT2D eigenvalue weighted by atomic mass is 10.0. The van der Waals surface area contributed by atoms with Gasteiger partial charge in [-0.15, -0.1) is 0 Å². The van der Waals surface area contributed by atoms with E-state index in [2.05, 4.69) is 130 Å². The Morgan fingerprint density at radius 2 is 0.487 bits per heavy atom. The van der Waals surface area contributed by atoms with Crippen LogP contribution < -0.4 is 0 Å². The van der Waals surface area contributed by atoms with E-state index in [-0.39, 0.29) is 31.1 Å². The first-order chi connectivity index (χ1) is 39.5. The topological polar surface area (TPSA) is 78.9 Å². The molecule has 6 heteroatoms. The summed E-state index contributed by atoms with van der Waals surface area (Å²) in [7, 11) is 0. The maximum atomic E-state index is 12.9. The van der Waals surface area contributed by atoms with Crippen LogP contribution in [0.2, 0.25) is 0 Å².